The zero-order chi connectivity index (χ0) is 19.3. The van der Waals surface area contributed by atoms with Crippen molar-refractivity contribution >= 4 is 23.2 Å². The second-order valence-electron chi connectivity index (χ2n) is 6.37. The fraction of sp³-hybridized carbons (Fsp3) is 0.0435. The van der Waals surface area contributed by atoms with Crippen LogP contribution in [0.25, 0.3) is 11.3 Å². The van der Waals surface area contributed by atoms with Crippen molar-refractivity contribution in [3.05, 3.63) is 107 Å². The van der Waals surface area contributed by atoms with Crippen LogP contribution in [0.3, 0.4) is 0 Å². The molecule has 1 aromatic heterocycles. The molecule has 3 aromatic carbocycles. The summed E-state index contributed by atoms with van der Waals surface area (Å²) in [5.74, 6) is -0.244. The highest BCUT2D eigenvalue weighted by molar-refractivity contribution is 6.34. The van der Waals surface area contributed by atoms with Gasteiger partial charge in [-0.25, -0.2) is 0 Å². The van der Waals surface area contributed by atoms with Gasteiger partial charge in [0.15, 0.2) is 0 Å². The Hall–Kier alpha value is -3.37. The molecule has 138 valence electrons. The van der Waals surface area contributed by atoms with E-state index in [-0.39, 0.29) is 5.91 Å². The lowest BCUT2D eigenvalue weighted by atomic mass is 10.1. The number of amides is 1. The first-order valence-corrected chi connectivity index (χ1v) is 9.31. The van der Waals surface area contributed by atoms with E-state index in [0.717, 1.165) is 11.1 Å². The van der Waals surface area contributed by atoms with E-state index in [0.29, 0.717) is 28.5 Å². The van der Waals surface area contributed by atoms with Gasteiger partial charge in [-0.2, -0.15) is 5.10 Å². The third kappa shape index (κ3) is 3.97. The number of rotatable bonds is 5. The number of hydrogen-bond donors (Lipinski definition) is 1. The van der Waals surface area contributed by atoms with Crippen LogP contribution in [0.2, 0.25) is 5.02 Å². The molecule has 0 atom stereocenters. The fourth-order valence-electron chi connectivity index (χ4n) is 3.00. The molecule has 5 heteroatoms. The highest BCUT2D eigenvalue weighted by atomic mass is 35.5. The number of para-hydroxylation sites is 1. The molecule has 4 rings (SSSR count). The van der Waals surface area contributed by atoms with Crippen LogP contribution in [-0.2, 0) is 6.54 Å². The van der Waals surface area contributed by atoms with Crippen LogP contribution in [0, 0.1) is 0 Å². The van der Waals surface area contributed by atoms with Gasteiger partial charge < -0.3 is 5.32 Å². The number of carbonyl (C=O) groups is 1. The predicted octanol–water partition coefficient (Wildman–Crippen LogP) is 5.50. The van der Waals surface area contributed by atoms with E-state index in [1.807, 2.05) is 72.8 Å². The standard InChI is InChI=1S/C23H18ClN3O/c24-20-13-7-8-14-21(20)25-23(28)19-16-27(15-17-9-3-1-4-10-17)26-22(19)18-11-5-2-6-12-18/h1-14,16H,15H2,(H,25,28). The lowest BCUT2D eigenvalue weighted by Crippen LogP contribution is -2.12. The minimum absolute atomic E-state index is 0.244. The smallest absolute Gasteiger partial charge is 0.259 e. The molecule has 0 aliphatic rings. The summed E-state index contributed by atoms with van der Waals surface area (Å²) >= 11 is 6.19. The number of anilines is 1. The molecule has 4 nitrogen and oxygen atoms in total. The Kier molecular flexibility index (Phi) is 5.22. The van der Waals surface area contributed by atoms with Crippen molar-refractivity contribution in [3.63, 3.8) is 0 Å². The third-order valence-corrected chi connectivity index (χ3v) is 4.69. The van der Waals surface area contributed by atoms with Gasteiger partial charge >= 0.3 is 0 Å². The molecule has 0 saturated carbocycles. The molecule has 0 aliphatic carbocycles. The van der Waals surface area contributed by atoms with Crippen molar-refractivity contribution in [1.82, 2.24) is 9.78 Å². The normalized spacial score (nSPS) is 10.6. The number of halogens is 1. The van der Waals surface area contributed by atoms with E-state index >= 15 is 0 Å². The van der Waals surface area contributed by atoms with Gasteiger partial charge in [-0.05, 0) is 17.7 Å². The molecule has 0 saturated heterocycles. The zero-order valence-corrected chi connectivity index (χ0v) is 15.8. The van der Waals surface area contributed by atoms with E-state index in [1.54, 1.807) is 23.0 Å². The van der Waals surface area contributed by atoms with Gasteiger partial charge in [0.05, 0.1) is 22.8 Å². The van der Waals surface area contributed by atoms with E-state index < -0.39 is 0 Å². The second kappa shape index (κ2) is 8.11. The lowest BCUT2D eigenvalue weighted by molar-refractivity contribution is 0.102. The summed E-state index contributed by atoms with van der Waals surface area (Å²) in [5, 5.41) is 8.07. The molecule has 28 heavy (non-hydrogen) atoms. The quantitative estimate of drug-likeness (QED) is 0.491. The molecule has 4 aromatic rings. The van der Waals surface area contributed by atoms with Crippen LogP contribution in [0.5, 0.6) is 0 Å². The Morgan fingerprint density at radius 2 is 1.54 bits per heavy atom. The van der Waals surface area contributed by atoms with E-state index in [2.05, 4.69) is 10.4 Å². The van der Waals surface area contributed by atoms with Crippen LogP contribution in [0.15, 0.2) is 91.1 Å². The maximum Gasteiger partial charge on any atom is 0.259 e. The Morgan fingerprint density at radius 1 is 0.893 bits per heavy atom. The first kappa shape index (κ1) is 18.0. The molecule has 1 amide bonds. The second-order valence-corrected chi connectivity index (χ2v) is 6.78. The first-order chi connectivity index (χ1) is 13.7. The van der Waals surface area contributed by atoms with Crippen LogP contribution < -0.4 is 5.32 Å². The van der Waals surface area contributed by atoms with E-state index in [1.165, 1.54) is 0 Å². The van der Waals surface area contributed by atoms with Crippen LogP contribution >= 0.6 is 11.6 Å². The number of carbonyl (C=O) groups excluding carboxylic acids is 1. The van der Waals surface area contributed by atoms with Crippen LogP contribution in [0.1, 0.15) is 15.9 Å². The maximum atomic E-state index is 13.0. The average Bonchev–Trinajstić information content (AvgIpc) is 3.15. The number of hydrogen-bond acceptors (Lipinski definition) is 2. The first-order valence-electron chi connectivity index (χ1n) is 8.93. The SMILES string of the molecule is O=C(Nc1ccccc1Cl)c1cn(Cc2ccccc2)nc1-c1ccccc1. The predicted molar refractivity (Wildman–Crippen MR) is 113 cm³/mol. The summed E-state index contributed by atoms with van der Waals surface area (Å²) in [6.45, 7) is 0.583. The maximum absolute atomic E-state index is 13.0. The number of nitrogens with one attached hydrogen (secondary N) is 1. The Morgan fingerprint density at radius 3 is 2.25 bits per heavy atom. The monoisotopic (exact) mass is 387 g/mol. The van der Waals surface area contributed by atoms with Crippen LogP contribution in [0.4, 0.5) is 5.69 Å². The molecule has 0 unspecified atom stereocenters. The van der Waals surface area contributed by atoms with Gasteiger partial charge in [0, 0.05) is 11.8 Å². The van der Waals surface area contributed by atoms with Gasteiger partial charge in [-0.1, -0.05) is 84.4 Å². The summed E-state index contributed by atoms with van der Waals surface area (Å²) in [6, 6.07) is 26.9. The van der Waals surface area contributed by atoms with Crippen molar-refractivity contribution in [2.24, 2.45) is 0 Å². The molecule has 1 N–H and O–H groups in total. The molecule has 0 fully saturated rings. The van der Waals surface area contributed by atoms with Gasteiger partial charge in [-0.15, -0.1) is 0 Å². The highest BCUT2D eigenvalue weighted by Gasteiger charge is 2.19. The fourth-order valence-corrected chi connectivity index (χ4v) is 3.18. The summed E-state index contributed by atoms with van der Waals surface area (Å²) in [5.41, 5.74) is 3.72. The number of aromatic nitrogens is 2. The van der Waals surface area contributed by atoms with Gasteiger partial charge in [-0.3, -0.25) is 9.48 Å². The highest BCUT2D eigenvalue weighted by Crippen LogP contribution is 2.25. The van der Waals surface area contributed by atoms with Crippen molar-refractivity contribution in [1.29, 1.82) is 0 Å². The lowest BCUT2D eigenvalue weighted by Gasteiger charge is -2.07. The number of benzene rings is 3. The van der Waals surface area contributed by atoms with E-state index in [9.17, 15) is 4.79 Å². The Bertz CT molecular complexity index is 1090. The average molecular weight is 388 g/mol. The minimum atomic E-state index is -0.244. The van der Waals surface area contributed by atoms with Crippen molar-refractivity contribution in [2.45, 2.75) is 6.54 Å². The molecular formula is C23H18ClN3O. The molecule has 0 bridgehead atoms. The van der Waals surface area contributed by atoms with Gasteiger partial charge in [0.25, 0.3) is 5.91 Å². The van der Waals surface area contributed by atoms with Gasteiger partial charge in [0.1, 0.15) is 5.69 Å². The molecule has 0 aliphatic heterocycles. The van der Waals surface area contributed by atoms with Crippen molar-refractivity contribution < 1.29 is 4.79 Å². The topological polar surface area (TPSA) is 46.9 Å². The Labute approximate surface area is 168 Å². The minimum Gasteiger partial charge on any atom is -0.321 e. The summed E-state index contributed by atoms with van der Waals surface area (Å²) in [6.07, 6.45) is 1.78. The van der Waals surface area contributed by atoms with Gasteiger partial charge in [0.2, 0.25) is 0 Å². The van der Waals surface area contributed by atoms with E-state index in [4.69, 9.17) is 11.6 Å². The molecule has 0 radical (unpaired) electrons. The van der Waals surface area contributed by atoms with Crippen LogP contribution in [-0.4, -0.2) is 15.7 Å². The largest absolute Gasteiger partial charge is 0.321 e. The third-order valence-electron chi connectivity index (χ3n) is 4.36. The molecule has 0 spiro atoms. The molecular weight excluding hydrogens is 370 g/mol. The zero-order valence-electron chi connectivity index (χ0n) is 15.0. The summed E-state index contributed by atoms with van der Waals surface area (Å²) in [4.78, 5) is 13.0. The summed E-state index contributed by atoms with van der Waals surface area (Å²) < 4.78 is 1.79. The number of nitrogens with zero attached hydrogens (tertiary/aromatic N) is 2. The summed E-state index contributed by atoms with van der Waals surface area (Å²) in [7, 11) is 0. The Balaban J connectivity index is 1.70. The molecule has 1 heterocycles. The van der Waals surface area contributed by atoms with Crippen molar-refractivity contribution in [2.75, 3.05) is 5.32 Å². The van der Waals surface area contributed by atoms with Crippen molar-refractivity contribution in [3.8, 4) is 11.3 Å².